The van der Waals surface area contributed by atoms with E-state index in [4.69, 9.17) is 16.3 Å². The number of rotatable bonds is 7. The first-order valence-electron chi connectivity index (χ1n) is 9.43. The predicted octanol–water partition coefficient (Wildman–Crippen LogP) is 6.11. The molecule has 5 heteroatoms. The molecule has 0 saturated heterocycles. The number of fused-ring (bicyclic) bond motifs is 1. The minimum Gasteiger partial charge on any atom is -0.479 e. The molecule has 3 rings (SSSR count). The first kappa shape index (κ1) is 20.3. The highest BCUT2D eigenvalue weighted by molar-refractivity contribution is 6.30. The number of carboxylic acid groups (broad SMARTS) is 1. The number of halogens is 1. The average molecular weight is 398 g/mol. The molecular weight excluding hydrogens is 374 g/mol. The summed E-state index contributed by atoms with van der Waals surface area (Å²) in [6.45, 7) is 6.31. The van der Waals surface area contributed by atoms with Gasteiger partial charge in [0.15, 0.2) is 6.10 Å². The number of benzene rings is 2. The Hall–Kier alpha value is -2.43. The molecular formula is C23H24ClNO3. The van der Waals surface area contributed by atoms with Crippen LogP contribution in [0.3, 0.4) is 0 Å². The molecule has 1 unspecified atom stereocenters. The number of carboxylic acids is 1. The van der Waals surface area contributed by atoms with E-state index in [1.165, 1.54) is 0 Å². The van der Waals surface area contributed by atoms with E-state index in [0.29, 0.717) is 17.2 Å². The molecule has 3 aromatic rings. The van der Waals surface area contributed by atoms with Gasteiger partial charge in [0.2, 0.25) is 0 Å². The molecule has 0 fully saturated rings. The quantitative estimate of drug-likeness (QED) is 0.488. The van der Waals surface area contributed by atoms with Gasteiger partial charge in [-0.3, -0.25) is 4.98 Å². The van der Waals surface area contributed by atoms with Crippen molar-refractivity contribution in [2.45, 2.75) is 39.7 Å². The van der Waals surface area contributed by atoms with Crippen molar-refractivity contribution in [1.29, 1.82) is 0 Å². The summed E-state index contributed by atoms with van der Waals surface area (Å²) in [5.41, 5.74) is 5.00. The average Bonchev–Trinajstić information content (AvgIpc) is 2.65. The van der Waals surface area contributed by atoms with E-state index in [2.05, 4.69) is 4.98 Å². The minimum atomic E-state index is -1.04. The van der Waals surface area contributed by atoms with Crippen LogP contribution >= 0.6 is 11.6 Å². The van der Waals surface area contributed by atoms with Crippen LogP contribution in [0.25, 0.3) is 22.0 Å². The molecule has 0 amide bonds. The first-order chi connectivity index (χ1) is 13.4. The van der Waals surface area contributed by atoms with E-state index in [-0.39, 0.29) is 0 Å². The molecule has 1 atom stereocenters. The van der Waals surface area contributed by atoms with Gasteiger partial charge in [-0.15, -0.1) is 0 Å². The standard InChI is InChI=1S/C23H24ClNO3/c1-4-5-12-28-22(23(26)27)20-14(2)13-19-18(11-6-15(3)25-19)21(20)16-7-9-17(24)10-8-16/h6-11,13,22H,4-5,12H2,1-3H3,(H,26,27). The number of unbranched alkanes of at least 4 members (excludes halogenated alkanes) is 1. The van der Waals surface area contributed by atoms with Gasteiger partial charge in [-0.1, -0.05) is 43.1 Å². The number of hydrogen-bond donors (Lipinski definition) is 1. The zero-order chi connectivity index (χ0) is 20.3. The topological polar surface area (TPSA) is 59.4 Å². The number of pyridine rings is 1. The molecule has 0 spiro atoms. The highest BCUT2D eigenvalue weighted by Crippen LogP contribution is 2.39. The van der Waals surface area contributed by atoms with Crippen LogP contribution in [0.2, 0.25) is 5.02 Å². The van der Waals surface area contributed by atoms with Gasteiger partial charge in [-0.2, -0.15) is 0 Å². The van der Waals surface area contributed by atoms with Crippen LogP contribution in [0.1, 0.15) is 42.7 Å². The van der Waals surface area contributed by atoms with Crippen molar-refractivity contribution < 1.29 is 14.6 Å². The lowest BCUT2D eigenvalue weighted by Gasteiger charge is -2.22. The van der Waals surface area contributed by atoms with Gasteiger partial charge < -0.3 is 9.84 Å². The molecule has 0 aliphatic heterocycles. The number of aryl methyl sites for hydroxylation is 2. The Kier molecular flexibility index (Phi) is 6.32. The van der Waals surface area contributed by atoms with Crippen molar-refractivity contribution in [3.63, 3.8) is 0 Å². The Morgan fingerprint density at radius 2 is 1.89 bits per heavy atom. The number of ether oxygens (including phenoxy) is 1. The van der Waals surface area contributed by atoms with Gasteiger partial charge in [0.05, 0.1) is 5.52 Å². The lowest BCUT2D eigenvalue weighted by molar-refractivity contribution is -0.151. The SMILES string of the molecule is CCCCOC(C(=O)O)c1c(C)cc2nc(C)ccc2c1-c1ccc(Cl)cc1. The van der Waals surface area contributed by atoms with E-state index in [1.807, 2.05) is 63.2 Å². The molecule has 0 radical (unpaired) electrons. The fourth-order valence-electron chi connectivity index (χ4n) is 3.41. The van der Waals surface area contributed by atoms with Crippen LogP contribution in [0, 0.1) is 13.8 Å². The molecule has 28 heavy (non-hydrogen) atoms. The molecule has 1 N–H and O–H groups in total. The van der Waals surface area contributed by atoms with Crippen LogP contribution in [0.4, 0.5) is 0 Å². The number of hydrogen-bond acceptors (Lipinski definition) is 3. The van der Waals surface area contributed by atoms with Gasteiger partial charge in [0, 0.05) is 28.3 Å². The molecule has 1 aromatic heterocycles. The normalized spacial score (nSPS) is 12.3. The molecule has 146 valence electrons. The highest BCUT2D eigenvalue weighted by atomic mass is 35.5. The Bertz CT molecular complexity index is 999. The summed E-state index contributed by atoms with van der Waals surface area (Å²) in [5.74, 6) is -0.992. The molecule has 0 aliphatic rings. The van der Waals surface area contributed by atoms with Gasteiger partial charge in [0.25, 0.3) is 0 Å². The minimum absolute atomic E-state index is 0.400. The molecule has 0 saturated carbocycles. The summed E-state index contributed by atoms with van der Waals surface area (Å²) in [6.07, 6.45) is 0.715. The van der Waals surface area contributed by atoms with Gasteiger partial charge in [-0.05, 0) is 61.2 Å². The Morgan fingerprint density at radius 1 is 1.18 bits per heavy atom. The third-order valence-electron chi connectivity index (χ3n) is 4.78. The van der Waals surface area contributed by atoms with E-state index < -0.39 is 12.1 Å². The van der Waals surface area contributed by atoms with Crippen LogP contribution in [0.15, 0.2) is 42.5 Å². The van der Waals surface area contributed by atoms with Crippen LogP contribution in [-0.4, -0.2) is 22.7 Å². The number of aromatic nitrogens is 1. The second kappa shape index (κ2) is 8.72. The van der Waals surface area contributed by atoms with E-state index >= 15 is 0 Å². The fourth-order valence-corrected chi connectivity index (χ4v) is 3.54. The zero-order valence-corrected chi connectivity index (χ0v) is 17.1. The van der Waals surface area contributed by atoms with Gasteiger partial charge >= 0.3 is 5.97 Å². The fraction of sp³-hybridized carbons (Fsp3) is 0.304. The molecule has 1 heterocycles. The smallest absolute Gasteiger partial charge is 0.337 e. The Balaban J connectivity index is 2.29. The van der Waals surface area contributed by atoms with Crippen LogP contribution < -0.4 is 0 Å². The van der Waals surface area contributed by atoms with E-state index in [0.717, 1.165) is 46.1 Å². The molecule has 0 aliphatic carbocycles. The largest absolute Gasteiger partial charge is 0.479 e. The number of aliphatic carboxylic acids is 1. The summed E-state index contributed by atoms with van der Waals surface area (Å²) in [5, 5.41) is 11.5. The highest BCUT2D eigenvalue weighted by Gasteiger charge is 2.27. The number of carbonyl (C=O) groups is 1. The predicted molar refractivity (Wildman–Crippen MR) is 113 cm³/mol. The summed E-state index contributed by atoms with van der Waals surface area (Å²) < 4.78 is 5.82. The van der Waals surface area contributed by atoms with Crippen molar-refractivity contribution >= 4 is 28.5 Å². The Morgan fingerprint density at radius 3 is 2.54 bits per heavy atom. The lowest BCUT2D eigenvalue weighted by atomic mass is 9.88. The first-order valence-corrected chi connectivity index (χ1v) is 9.81. The monoisotopic (exact) mass is 397 g/mol. The van der Waals surface area contributed by atoms with E-state index in [1.54, 1.807) is 0 Å². The third-order valence-corrected chi connectivity index (χ3v) is 5.03. The Labute approximate surface area is 170 Å². The van der Waals surface area contributed by atoms with Gasteiger partial charge in [0.1, 0.15) is 0 Å². The summed E-state index contributed by atoms with van der Waals surface area (Å²) in [6, 6.07) is 13.3. The summed E-state index contributed by atoms with van der Waals surface area (Å²) in [7, 11) is 0. The van der Waals surface area contributed by atoms with Gasteiger partial charge in [-0.25, -0.2) is 4.79 Å². The summed E-state index contributed by atoms with van der Waals surface area (Å²) >= 11 is 6.08. The maximum absolute atomic E-state index is 12.1. The summed E-state index contributed by atoms with van der Waals surface area (Å²) in [4.78, 5) is 16.8. The maximum atomic E-state index is 12.1. The van der Waals surface area contributed by atoms with Crippen LogP contribution in [0.5, 0.6) is 0 Å². The van der Waals surface area contributed by atoms with E-state index in [9.17, 15) is 9.90 Å². The van der Waals surface area contributed by atoms with Crippen molar-refractivity contribution in [3.05, 3.63) is 64.3 Å². The zero-order valence-electron chi connectivity index (χ0n) is 16.3. The second-order valence-corrected chi connectivity index (χ2v) is 7.39. The van der Waals surface area contributed by atoms with Crippen molar-refractivity contribution in [2.75, 3.05) is 6.61 Å². The van der Waals surface area contributed by atoms with Crippen molar-refractivity contribution in [1.82, 2.24) is 4.98 Å². The molecule has 4 nitrogen and oxygen atoms in total. The lowest BCUT2D eigenvalue weighted by Crippen LogP contribution is -2.18. The molecule has 2 aromatic carbocycles. The third kappa shape index (κ3) is 4.18. The second-order valence-electron chi connectivity index (χ2n) is 6.95. The maximum Gasteiger partial charge on any atom is 0.337 e. The molecule has 0 bridgehead atoms. The van der Waals surface area contributed by atoms with Crippen molar-refractivity contribution in [2.24, 2.45) is 0 Å². The van der Waals surface area contributed by atoms with Crippen molar-refractivity contribution in [3.8, 4) is 11.1 Å². The number of nitrogens with zero attached hydrogens (tertiary/aromatic N) is 1. The van der Waals surface area contributed by atoms with Crippen LogP contribution in [-0.2, 0) is 9.53 Å².